The van der Waals surface area contributed by atoms with Gasteiger partial charge in [0.25, 0.3) is 0 Å². The van der Waals surface area contributed by atoms with Gasteiger partial charge in [0.2, 0.25) is 0 Å². The number of benzene rings is 1. The number of phenolic OH excluding ortho intramolecular Hbond substituents is 1. The van der Waals surface area contributed by atoms with Crippen LogP contribution in [0, 0.1) is 0 Å². The van der Waals surface area contributed by atoms with Gasteiger partial charge in [0.05, 0.1) is 6.10 Å². The molecule has 1 aromatic rings. The Morgan fingerprint density at radius 1 is 1.37 bits per heavy atom. The lowest BCUT2D eigenvalue weighted by molar-refractivity contribution is 0.0766. The van der Waals surface area contributed by atoms with Gasteiger partial charge in [-0.2, -0.15) is 0 Å². The third-order valence-electron chi connectivity index (χ3n) is 2.94. The first kappa shape index (κ1) is 16.5. The molecule has 0 bridgehead atoms. The largest absolute Gasteiger partial charge is 0.508 e. The van der Waals surface area contributed by atoms with E-state index in [9.17, 15) is 5.11 Å². The number of aromatic hydroxyl groups is 1. The number of ether oxygens (including phenoxy) is 1. The number of rotatable bonds is 8. The van der Waals surface area contributed by atoms with Crippen LogP contribution in [0.15, 0.2) is 22.7 Å². The molecule has 1 atom stereocenters. The molecule has 0 spiro atoms. The molecule has 0 heterocycles. The summed E-state index contributed by atoms with van der Waals surface area (Å²) in [5, 5.41) is 13.4. The molecule has 19 heavy (non-hydrogen) atoms. The van der Waals surface area contributed by atoms with E-state index >= 15 is 0 Å². The van der Waals surface area contributed by atoms with Gasteiger partial charge in [0, 0.05) is 22.7 Å². The average Bonchev–Trinajstić information content (AvgIpc) is 2.37. The fraction of sp³-hybridized carbons (Fsp3) is 0.600. The summed E-state index contributed by atoms with van der Waals surface area (Å²) in [5.41, 5.74) is 0.946. The van der Waals surface area contributed by atoms with Crippen LogP contribution in [0.4, 0.5) is 0 Å². The van der Waals surface area contributed by atoms with Crippen molar-refractivity contribution in [1.29, 1.82) is 0 Å². The minimum Gasteiger partial charge on any atom is -0.508 e. The zero-order chi connectivity index (χ0) is 14.3. The van der Waals surface area contributed by atoms with E-state index in [1.165, 1.54) is 0 Å². The molecule has 4 heteroatoms. The van der Waals surface area contributed by atoms with Crippen LogP contribution in [0.3, 0.4) is 0 Å². The first-order valence-electron chi connectivity index (χ1n) is 6.88. The van der Waals surface area contributed by atoms with Crippen molar-refractivity contribution < 1.29 is 9.84 Å². The first-order valence-corrected chi connectivity index (χ1v) is 7.67. The Morgan fingerprint density at radius 3 is 2.74 bits per heavy atom. The lowest BCUT2D eigenvalue weighted by Crippen LogP contribution is -2.23. The van der Waals surface area contributed by atoms with Crippen molar-refractivity contribution in [1.82, 2.24) is 5.32 Å². The van der Waals surface area contributed by atoms with Crippen LogP contribution < -0.4 is 5.32 Å². The predicted octanol–water partition coefficient (Wildman–Crippen LogP) is 4.01. The highest BCUT2D eigenvalue weighted by atomic mass is 79.9. The molecule has 1 rings (SSSR count). The molecular formula is C15H24BrNO2. The van der Waals surface area contributed by atoms with Crippen LogP contribution in [0.2, 0.25) is 0 Å². The normalized spacial score (nSPS) is 12.9. The third kappa shape index (κ3) is 5.93. The van der Waals surface area contributed by atoms with Crippen LogP contribution >= 0.6 is 15.9 Å². The highest BCUT2D eigenvalue weighted by Crippen LogP contribution is 2.29. The van der Waals surface area contributed by atoms with Crippen molar-refractivity contribution in [2.24, 2.45) is 0 Å². The molecule has 0 aliphatic carbocycles. The number of hydrogen-bond acceptors (Lipinski definition) is 3. The summed E-state index contributed by atoms with van der Waals surface area (Å²) in [6, 6.07) is 5.73. The number of halogens is 1. The van der Waals surface area contributed by atoms with Gasteiger partial charge in [-0.15, -0.1) is 0 Å². The van der Waals surface area contributed by atoms with E-state index in [0.717, 1.165) is 36.0 Å². The molecule has 0 aliphatic heterocycles. The summed E-state index contributed by atoms with van der Waals surface area (Å²) in [6.07, 6.45) is 2.20. The monoisotopic (exact) mass is 329 g/mol. The molecule has 0 fully saturated rings. The fourth-order valence-corrected chi connectivity index (χ4v) is 2.32. The Kier molecular flexibility index (Phi) is 7.42. The molecule has 0 aromatic heterocycles. The van der Waals surface area contributed by atoms with E-state index in [2.05, 4.69) is 28.2 Å². The van der Waals surface area contributed by atoms with Crippen LogP contribution in [0.25, 0.3) is 0 Å². The standard InChI is InChI=1S/C15H24BrNO2/c1-4-14(17-8-5-9-19-11(2)3)13-10-12(16)6-7-15(13)18/h6-7,10-11,14,17-18H,4-5,8-9H2,1-3H3. The lowest BCUT2D eigenvalue weighted by Gasteiger charge is -2.19. The maximum atomic E-state index is 9.93. The van der Waals surface area contributed by atoms with E-state index in [1.807, 2.05) is 26.0 Å². The van der Waals surface area contributed by atoms with Gasteiger partial charge in [-0.25, -0.2) is 0 Å². The molecule has 1 aromatic carbocycles. The fourth-order valence-electron chi connectivity index (χ4n) is 1.95. The van der Waals surface area contributed by atoms with Gasteiger partial charge >= 0.3 is 0 Å². The Hall–Kier alpha value is -0.580. The Balaban J connectivity index is 2.47. The van der Waals surface area contributed by atoms with E-state index in [0.29, 0.717) is 5.75 Å². The zero-order valence-corrected chi connectivity index (χ0v) is 13.5. The second-order valence-corrected chi connectivity index (χ2v) is 5.81. The average molecular weight is 330 g/mol. The van der Waals surface area contributed by atoms with Crippen LogP contribution in [-0.2, 0) is 4.74 Å². The quantitative estimate of drug-likeness (QED) is 0.708. The van der Waals surface area contributed by atoms with Gasteiger partial charge in [-0.3, -0.25) is 0 Å². The SMILES string of the molecule is CCC(NCCCOC(C)C)c1cc(Br)ccc1O. The van der Waals surface area contributed by atoms with Gasteiger partial charge in [-0.1, -0.05) is 22.9 Å². The summed E-state index contributed by atoms with van der Waals surface area (Å²) in [6.45, 7) is 7.86. The Morgan fingerprint density at radius 2 is 2.11 bits per heavy atom. The molecule has 3 nitrogen and oxygen atoms in total. The van der Waals surface area contributed by atoms with E-state index < -0.39 is 0 Å². The highest BCUT2D eigenvalue weighted by Gasteiger charge is 2.13. The summed E-state index contributed by atoms with van der Waals surface area (Å²) >= 11 is 3.44. The van der Waals surface area contributed by atoms with E-state index in [4.69, 9.17) is 4.74 Å². The van der Waals surface area contributed by atoms with Gasteiger partial charge in [0.15, 0.2) is 0 Å². The van der Waals surface area contributed by atoms with E-state index in [-0.39, 0.29) is 12.1 Å². The second-order valence-electron chi connectivity index (χ2n) is 4.89. The Bertz CT molecular complexity index is 382. The minimum absolute atomic E-state index is 0.177. The van der Waals surface area contributed by atoms with E-state index in [1.54, 1.807) is 6.07 Å². The molecule has 0 saturated carbocycles. The summed E-state index contributed by atoms with van der Waals surface area (Å²) in [7, 11) is 0. The topological polar surface area (TPSA) is 41.5 Å². The van der Waals surface area contributed by atoms with Crippen LogP contribution in [-0.4, -0.2) is 24.4 Å². The summed E-state index contributed by atoms with van der Waals surface area (Å²) in [4.78, 5) is 0. The number of nitrogens with one attached hydrogen (secondary N) is 1. The van der Waals surface area contributed by atoms with Crippen molar-refractivity contribution in [3.8, 4) is 5.75 Å². The molecule has 0 radical (unpaired) electrons. The third-order valence-corrected chi connectivity index (χ3v) is 3.43. The summed E-state index contributed by atoms with van der Waals surface area (Å²) < 4.78 is 6.50. The van der Waals surface area contributed by atoms with Crippen molar-refractivity contribution >= 4 is 15.9 Å². The predicted molar refractivity (Wildman–Crippen MR) is 82.5 cm³/mol. The molecular weight excluding hydrogens is 306 g/mol. The molecule has 2 N–H and O–H groups in total. The molecule has 0 saturated heterocycles. The molecule has 0 aliphatic rings. The lowest BCUT2D eigenvalue weighted by atomic mass is 10.0. The number of hydrogen-bond donors (Lipinski definition) is 2. The van der Waals surface area contributed by atoms with Crippen LogP contribution in [0.1, 0.15) is 45.2 Å². The molecule has 1 unspecified atom stereocenters. The van der Waals surface area contributed by atoms with Crippen molar-refractivity contribution in [3.05, 3.63) is 28.2 Å². The van der Waals surface area contributed by atoms with Crippen LogP contribution in [0.5, 0.6) is 5.75 Å². The first-order chi connectivity index (χ1) is 9.04. The molecule has 108 valence electrons. The summed E-state index contributed by atoms with van der Waals surface area (Å²) in [5.74, 6) is 0.348. The molecule has 0 amide bonds. The van der Waals surface area contributed by atoms with Gasteiger partial charge in [-0.05, 0) is 51.4 Å². The maximum absolute atomic E-state index is 9.93. The van der Waals surface area contributed by atoms with Crippen molar-refractivity contribution in [2.45, 2.75) is 45.8 Å². The number of phenols is 1. The van der Waals surface area contributed by atoms with Crippen molar-refractivity contribution in [3.63, 3.8) is 0 Å². The Labute approximate surface area is 124 Å². The van der Waals surface area contributed by atoms with Gasteiger partial charge in [0.1, 0.15) is 5.75 Å². The van der Waals surface area contributed by atoms with Crippen molar-refractivity contribution in [2.75, 3.05) is 13.2 Å². The smallest absolute Gasteiger partial charge is 0.120 e. The minimum atomic E-state index is 0.177. The maximum Gasteiger partial charge on any atom is 0.120 e. The highest BCUT2D eigenvalue weighted by molar-refractivity contribution is 9.10. The second kappa shape index (κ2) is 8.56. The zero-order valence-electron chi connectivity index (χ0n) is 11.9. The van der Waals surface area contributed by atoms with Gasteiger partial charge < -0.3 is 15.2 Å².